The van der Waals surface area contributed by atoms with E-state index in [1.54, 1.807) is 17.3 Å². The molecule has 1 saturated heterocycles. The molecule has 24 heavy (non-hydrogen) atoms. The van der Waals surface area contributed by atoms with Crippen LogP contribution in [0.1, 0.15) is 36.4 Å². The van der Waals surface area contributed by atoms with Crippen LogP contribution in [-0.2, 0) is 0 Å². The van der Waals surface area contributed by atoms with Crippen molar-refractivity contribution in [3.05, 3.63) is 41.5 Å². The number of carbonyl (C=O) groups excluding carboxylic acids is 1. The maximum atomic E-state index is 12.5. The van der Waals surface area contributed by atoms with E-state index < -0.39 is 0 Å². The highest BCUT2D eigenvalue weighted by Crippen LogP contribution is 2.22. The monoisotopic (exact) mass is 330 g/mol. The van der Waals surface area contributed by atoms with Crippen LogP contribution in [0.5, 0.6) is 5.75 Å². The van der Waals surface area contributed by atoms with Crippen molar-refractivity contribution in [2.24, 2.45) is 0 Å². The molecule has 1 aliphatic heterocycles. The van der Waals surface area contributed by atoms with Gasteiger partial charge in [-0.05, 0) is 32.9 Å². The second kappa shape index (κ2) is 6.90. The lowest BCUT2D eigenvalue weighted by molar-refractivity contribution is 0.184. The Morgan fingerprint density at radius 1 is 1.50 bits per heavy atom. The van der Waals surface area contributed by atoms with Crippen LogP contribution in [0.3, 0.4) is 0 Å². The SMILES string of the molecule is Cc1noc(C)c1[C@H](C)NC(=O)N1CC[C@H](Oc2cccnc2)C1. The van der Waals surface area contributed by atoms with Gasteiger partial charge < -0.3 is 19.5 Å². The Morgan fingerprint density at radius 3 is 3.00 bits per heavy atom. The van der Waals surface area contributed by atoms with Crippen LogP contribution in [0.2, 0.25) is 0 Å². The molecule has 0 aliphatic carbocycles. The predicted molar refractivity (Wildman–Crippen MR) is 87.8 cm³/mol. The minimum absolute atomic E-state index is 0.00526. The Bertz CT molecular complexity index is 682. The summed E-state index contributed by atoms with van der Waals surface area (Å²) in [5.74, 6) is 1.47. The summed E-state index contributed by atoms with van der Waals surface area (Å²) < 4.78 is 11.0. The molecule has 0 saturated carbocycles. The summed E-state index contributed by atoms with van der Waals surface area (Å²) in [6.45, 7) is 6.90. The van der Waals surface area contributed by atoms with Crippen molar-refractivity contribution < 1.29 is 14.1 Å². The summed E-state index contributed by atoms with van der Waals surface area (Å²) in [4.78, 5) is 18.3. The summed E-state index contributed by atoms with van der Waals surface area (Å²) in [5.41, 5.74) is 1.74. The number of rotatable bonds is 4. The van der Waals surface area contributed by atoms with Crippen LogP contribution >= 0.6 is 0 Å². The first-order valence-corrected chi connectivity index (χ1v) is 8.09. The lowest BCUT2D eigenvalue weighted by Crippen LogP contribution is -2.40. The number of hydrogen-bond donors (Lipinski definition) is 1. The molecule has 3 heterocycles. The molecule has 1 N–H and O–H groups in total. The lowest BCUT2D eigenvalue weighted by atomic mass is 10.1. The summed E-state index contributed by atoms with van der Waals surface area (Å²) >= 11 is 0. The fraction of sp³-hybridized carbons (Fsp3) is 0.471. The average molecular weight is 330 g/mol. The zero-order valence-corrected chi connectivity index (χ0v) is 14.2. The summed E-state index contributed by atoms with van der Waals surface area (Å²) in [5, 5.41) is 6.94. The van der Waals surface area contributed by atoms with Crippen molar-refractivity contribution in [2.75, 3.05) is 13.1 Å². The van der Waals surface area contributed by atoms with E-state index in [2.05, 4.69) is 15.5 Å². The second-order valence-corrected chi connectivity index (χ2v) is 6.07. The van der Waals surface area contributed by atoms with E-state index in [9.17, 15) is 4.79 Å². The third-order valence-corrected chi connectivity index (χ3v) is 4.23. The summed E-state index contributed by atoms with van der Waals surface area (Å²) in [6.07, 6.45) is 4.19. The van der Waals surface area contributed by atoms with Gasteiger partial charge in [-0.2, -0.15) is 0 Å². The molecule has 0 aromatic carbocycles. The van der Waals surface area contributed by atoms with E-state index in [4.69, 9.17) is 9.26 Å². The standard InChI is InChI=1S/C17H22N4O3/c1-11(16-12(2)20-24-13(16)3)19-17(22)21-8-6-15(10-21)23-14-5-4-7-18-9-14/h4-5,7,9,11,15H,6,8,10H2,1-3H3,(H,19,22)/t11-,15-/m0/s1. The number of aromatic nitrogens is 2. The molecule has 0 bridgehead atoms. The Balaban J connectivity index is 1.55. The number of amides is 2. The largest absolute Gasteiger partial charge is 0.487 e. The molecule has 1 fully saturated rings. The minimum atomic E-state index is -0.151. The Kier molecular flexibility index (Phi) is 4.69. The quantitative estimate of drug-likeness (QED) is 0.932. The van der Waals surface area contributed by atoms with E-state index in [0.29, 0.717) is 13.1 Å². The Hall–Kier alpha value is -2.57. The maximum absolute atomic E-state index is 12.5. The fourth-order valence-electron chi connectivity index (χ4n) is 3.08. The first-order chi connectivity index (χ1) is 11.5. The number of ether oxygens (including phenoxy) is 1. The van der Waals surface area contributed by atoms with Gasteiger partial charge in [0.25, 0.3) is 0 Å². The Morgan fingerprint density at radius 2 is 2.33 bits per heavy atom. The molecule has 7 heteroatoms. The van der Waals surface area contributed by atoms with Crippen LogP contribution in [-0.4, -0.2) is 40.3 Å². The molecule has 0 unspecified atom stereocenters. The van der Waals surface area contributed by atoms with E-state index in [-0.39, 0.29) is 18.2 Å². The molecule has 128 valence electrons. The second-order valence-electron chi connectivity index (χ2n) is 6.07. The number of nitrogens with zero attached hydrogens (tertiary/aromatic N) is 3. The smallest absolute Gasteiger partial charge is 0.318 e. The lowest BCUT2D eigenvalue weighted by Gasteiger charge is -2.21. The van der Waals surface area contributed by atoms with Gasteiger partial charge in [0.05, 0.1) is 24.5 Å². The van der Waals surface area contributed by atoms with Gasteiger partial charge in [-0.3, -0.25) is 4.98 Å². The zero-order valence-electron chi connectivity index (χ0n) is 14.2. The number of aryl methyl sites for hydroxylation is 2. The first kappa shape index (κ1) is 16.3. The number of hydrogen-bond acceptors (Lipinski definition) is 5. The van der Waals surface area contributed by atoms with E-state index in [1.807, 2.05) is 32.9 Å². The van der Waals surface area contributed by atoms with Gasteiger partial charge in [-0.1, -0.05) is 5.16 Å². The molecule has 7 nitrogen and oxygen atoms in total. The van der Waals surface area contributed by atoms with Crippen molar-refractivity contribution in [3.8, 4) is 5.75 Å². The highest BCUT2D eigenvalue weighted by Gasteiger charge is 2.29. The van der Waals surface area contributed by atoms with Crippen LogP contribution in [0.4, 0.5) is 4.79 Å². The van der Waals surface area contributed by atoms with Crippen molar-refractivity contribution in [2.45, 2.75) is 39.3 Å². The molecular formula is C17H22N4O3. The molecular weight excluding hydrogens is 308 g/mol. The van der Waals surface area contributed by atoms with Gasteiger partial charge in [-0.25, -0.2) is 4.79 Å². The molecule has 0 radical (unpaired) electrons. The van der Waals surface area contributed by atoms with Crippen molar-refractivity contribution in [3.63, 3.8) is 0 Å². The molecule has 2 atom stereocenters. The van der Waals surface area contributed by atoms with E-state index >= 15 is 0 Å². The van der Waals surface area contributed by atoms with E-state index in [0.717, 1.165) is 29.2 Å². The molecule has 2 aromatic heterocycles. The number of urea groups is 1. The third-order valence-electron chi connectivity index (χ3n) is 4.23. The van der Waals surface area contributed by atoms with Gasteiger partial charge in [-0.15, -0.1) is 0 Å². The minimum Gasteiger partial charge on any atom is -0.487 e. The first-order valence-electron chi connectivity index (χ1n) is 8.09. The molecule has 1 aliphatic rings. The van der Waals surface area contributed by atoms with Gasteiger partial charge in [0.1, 0.15) is 17.6 Å². The predicted octanol–water partition coefficient (Wildman–Crippen LogP) is 2.61. The van der Waals surface area contributed by atoms with Gasteiger partial charge in [0.15, 0.2) is 0 Å². The highest BCUT2D eigenvalue weighted by atomic mass is 16.5. The van der Waals surface area contributed by atoms with Crippen LogP contribution < -0.4 is 10.1 Å². The van der Waals surface area contributed by atoms with E-state index in [1.165, 1.54) is 0 Å². The van der Waals surface area contributed by atoms with Crippen molar-refractivity contribution >= 4 is 6.03 Å². The molecule has 2 aromatic rings. The van der Waals surface area contributed by atoms with Crippen LogP contribution in [0.25, 0.3) is 0 Å². The normalized spacial score (nSPS) is 18.5. The highest BCUT2D eigenvalue weighted by molar-refractivity contribution is 5.75. The number of likely N-dealkylation sites (tertiary alicyclic amines) is 1. The molecule has 2 amide bonds. The van der Waals surface area contributed by atoms with Crippen LogP contribution in [0.15, 0.2) is 29.0 Å². The fourth-order valence-corrected chi connectivity index (χ4v) is 3.08. The summed E-state index contributed by atoms with van der Waals surface area (Å²) in [7, 11) is 0. The average Bonchev–Trinajstić information content (AvgIpc) is 3.15. The van der Waals surface area contributed by atoms with Gasteiger partial charge >= 0.3 is 6.03 Å². The van der Waals surface area contributed by atoms with Crippen molar-refractivity contribution in [1.82, 2.24) is 20.4 Å². The molecule has 3 rings (SSSR count). The van der Waals surface area contributed by atoms with Crippen LogP contribution in [0, 0.1) is 13.8 Å². The number of pyridine rings is 1. The summed E-state index contributed by atoms with van der Waals surface area (Å²) in [6, 6.07) is 3.46. The van der Waals surface area contributed by atoms with Gasteiger partial charge in [0, 0.05) is 24.7 Å². The molecule has 0 spiro atoms. The third kappa shape index (κ3) is 3.50. The zero-order chi connectivity index (χ0) is 17.1. The number of nitrogens with one attached hydrogen (secondary N) is 1. The van der Waals surface area contributed by atoms with Crippen molar-refractivity contribution in [1.29, 1.82) is 0 Å². The van der Waals surface area contributed by atoms with Gasteiger partial charge in [0.2, 0.25) is 0 Å². The Labute approximate surface area is 141 Å². The number of carbonyl (C=O) groups is 1. The maximum Gasteiger partial charge on any atom is 0.318 e. The topological polar surface area (TPSA) is 80.5 Å².